The third kappa shape index (κ3) is 5.88. The molecule has 0 saturated carbocycles. The Balaban J connectivity index is 0.00000261. The molecule has 1 aromatic rings. The highest BCUT2D eigenvalue weighted by Gasteiger charge is 2.27. The number of halogens is 1. The van der Waals surface area contributed by atoms with Crippen LogP contribution in [-0.4, -0.2) is 71.5 Å². The lowest BCUT2D eigenvalue weighted by Gasteiger charge is -2.23. The molecule has 1 aromatic carbocycles. The van der Waals surface area contributed by atoms with Crippen molar-refractivity contribution in [2.24, 2.45) is 16.8 Å². The van der Waals surface area contributed by atoms with Gasteiger partial charge in [0.15, 0.2) is 5.96 Å². The summed E-state index contributed by atoms with van der Waals surface area (Å²) in [6.07, 6.45) is 2.38. The lowest BCUT2D eigenvalue weighted by Crippen LogP contribution is -2.42. The van der Waals surface area contributed by atoms with Crippen molar-refractivity contribution in [3.63, 3.8) is 0 Å². The van der Waals surface area contributed by atoms with Crippen LogP contribution in [0.5, 0.6) is 5.75 Å². The van der Waals surface area contributed by atoms with Crippen molar-refractivity contribution >= 4 is 35.6 Å². The molecule has 2 atom stereocenters. The number of nitrogens with zero attached hydrogens (tertiary/aromatic N) is 3. The molecule has 0 amide bonds. The van der Waals surface area contributed by atoms with E-state index in [0.29, 0.717) is 11.8 Å². The minimum Gasteiger partial charge on any atom is -0.497 e. The van der Waals surface area contributed by atoms with E-state index in [9.17, 15) is 0 Å². The van der Waals surface area contributed by atoms with Gasteiger partial charge < -0.3 is 24.6 Å². The SMILES string of the molecule is CN=C(NCC1CCN(c2cccc(OC)c2)C1)N1CCC(COC)C1.I. The molecule has 0 aromatic heterocycles. The first-order chi connectivity index (χ1) is 12.7. The Labute approximate surface area is 180 Å². The minimum atomic E-state index is 0. The molecule has 0 aliphatic carbocycles. The molecule has 2 saturated heterocycles. The number of likely N-dealkylation sites (tertiary alicyclic amines) is 1. The molecule has 7 heteroatoms. The van der Waals surface area contributed by atoms with E-state index in [1.54, 1.807) is 14.2 Å². The number of nitrogens with one attached hydrogen (secondary N) is 1. The molecule has 6 nitrogen and oxygen atoms in total. The largest absolute Gasteiger partial charge is 0.497 e. The molecule has 2 unspecified atom stereocenters. The Bertz CT molecular complexity index is 613. The van der Waals surface area contributed by atoms with E-state index >= 15 is 0 Å². The molecule has 27 heavy (non-hydrogen) atoms. The standard InChI is InChI=1S/C20H32N4O2.HI/c1-21-20(24-10-8-17(14-24)15-25-2)22-12-16-7-9-23(13-16)18-5-4-6-19(11-18)26-3;/h4-6,11,16-17H,7-10,12-15H2,1-3H3,(H,21,22);1H. The van der Waals surface area contributed by atoms with Gasteiger partial charge in [0.05, 0.1) is 13.7 Å². The zero-order valence-corrected chi connectivity index (χ0v) is 19.0. The molecule has 1 N–H and O–H groups in total. The Kier molecular flexibility index (Phi) is 8.95. The van der Waals surface area contributed by atoms with Crippen LogP contribution in [0.1, 0.15) is 12.8 Å². The van der Waals surface area contributed by atoms with Crippen LogP contribution in [-0.2, 0) is 4.74 Å². The molecule has 2 aliphatic heterocycles. The zero-order valence-electron chi connectivity index (χ0n) is 16.7. The minimum absolute atomic E-state index is 0. The van der Waals surface area contributed by atoms with Gasteiger partial charge in [0, 0.05) is 64.6 Å². The van der Waals surface area contributed by atoms with E-state index in [2.05, 4.69) is 38.3 Å². The Hall–Kier alpha value is -1.22. The van der Waals surface area contributed by atoms with Crippen LogP contribution >= 0.6 is 24.0 Å². The van der Waals surface area contributed by atoms with Crippen LogP contribution in [0.3, 0.4) is 0 Å². The fourth-order valence-corrected chi connectivity index (χ4v) is 4.01. The van der Waals surface area contributed by atoms with E-state index in [0.717, 1.165) is 51.0 Å². The topological polar surface area (TPSA) is 49.3 Å². The lowest BCUT2D eigenvalue weighted by molar-refractivity contribution is 0.157. The van der Waals surface area contributed by atoms with E-state index in [4.69, 9.17) is 9.47 Å². The van der Waals surface area contributed by atoms with Crippen molar-refractivity contribution in [3.8, 4) is 5.75 Å². The summed E-state index contributed by atoms with van der Waals surface area (Å²) in [6.45, 7) is 6.08. The van der Waals surface area contributed by atoms with E-state index in [1.165, 1.54) is 18.5 Å². The number of rotatable bonds is 6. The fourth-order valence-electron chi connectivity index (χ4n) is 4.01. The maximum absolute atomic E-state index is 5.35. The summed E-state index contributed by atoms with van der Waals surface area (Å²) in [5.74, 6) is 3.21. The lowest BCUT2D eigenvalue weighted by atomic mass is 10.1. The predicted octanol–water partition coefficient (Wildman–Crippen LogP) is 2.68. The van der Waals surface area contributed by atoms with E-state index in [-0.39, 0.29) is 24.0 Å². The number of anilines is 1. The van der Waals surface area contributed by atoms with Crippen LogP contribution in [0.2, 0.25) is 0 Å². The summed E-state index contributed by atoms with van der Waals surface area (Å²) in [5, 5.41) is 3.59. The maximum atomic E-state index is 5.35. The summed E-state index contributed by atoms with van der Waals surface area (Å²) in [7, 11) is 5.38. The van der Waals surface area contributed by atoms with Gasteiger partial charge in [-0.25, -0.2) is 0 Å². The van der Waals surface area contributed by atoms with Gasteiger partial charge in [0.1, 0.15) is 5.75 Å². The van der Waals surface area contributed by atoms with Gasteiger partial charge in [-0.05, 0) is 30.9 Å². The number of hydrogen-bond donors (Lipinski definition) is 1. The zero-order chi connectivity index (χ0) is 18.4. The average Bonchev–Trinajstić information content (AvgIpc) is 3.33. The normalized spacial score (nSPS) is 22.7. The summed E-state index contributed by atoms with van der Waals surface area (Å²) in [4.78, 5) is 9.29. The summed E-state index contributed by atoms with van der Waals surface area (Å²) in [5.41, 5.74) is 1.25. The van der Waals surface area contributed by atoms with Crippen molar-refractivity contribution in [2.45, 2.75) is 12.8 Å². The first-order valence-corrected chi connectivity index (χ1v) is 9.57. The molecule has 2 aliphatic rings. The average molecular weight is 488 g/mol. The monoisotopic (exact) mass is 488 g/mol. The van der Waals surface area contributed by atoms with Gasteiger partial charge in [-0.15, -0.1) is 24.0 Å². The number of benzene rings is 1. The first kappa shape index (κ1) is 22.1. The van der Waals surface area contributed by atoms with E-state index < -0.39 is 0 Å². The number of methoxy groups -OCH3 is 2. The highest BCUT2D eigenvalue weighted by molar-refractivity contribution is 14.0. The molecule has 0 radical (unpaired) electrons. The molecular formula is C20H33IN4O2. The summed E-state index contributed by atoms with van der Waals surface area (Å²) >= 11 is 0. The van der Waals surface area contributed by atoms with Crippen molar-refractivity contribution in [1.82, 2.24) is 10.2 Å². The van der Waals surface area contributed by atoms with Crippen LogP contribution in [0.15, 0.2) is 29.3 Å². The van der Waals surface area contributed by atoms with Crippen molar-refractivity contribution in [2.75, 3.05) is 65.5 Å². The number of hydrogen-bond acceptors (Lipinski definition) is 4. The van der Waals surface area contributed by atoms with Gasteiger partial charge in [-0.2, -0.15) is 0 Å². The number of ether oxygens (including phenoxy) is 2. The van der Waals surface area contributed by atoms with Crippen molar-refractivity contribution in [1.29, 1.82) is 0 Å². The maximum Gasteiger partial charge on any atom is 0.193 e. The van der Waals surface area contributed by atoms with Crippen LogP contribution in [0.25, 0.3) is 0 Å². The van der Waals surface area contributed by atoms with Crippen molar-refractivity contribution in [3.05, 3.63) is 24.3 Å². The van der Waals surface area contributed by atoms with Crippen LogP contribution < -0.4 is 15.0 Å². The second-order valence-corrected chi connectivity index (χ2v) is 7.29. The summed E-state index contributed by atoms with van der Waals surface area (Å²) < 4.78 is 10.6. The smallest absolute Gasteiger partial charge is 0.193 e. The van der Waals surface area contributed by atoms with Crippen molar-refractivity contribution < 1.29 is 9.47 Å². The number of guanidine groups is 1. The Morgan fingerprint density at radius 3 is 2.74 bits per heavy atom. The highest BCUT2D eigenvalue weighted by Crippen LogP contribution is 2.26. The third-order valence-electron chi connectivity index (χ3n) is 5.45. The predicted molar refractivity (Wildman–Crippen MR) is 122 cm³/mol. The second kappa shape index (κ2) is 10.9. The van der Waals surface area contributed by atoms with Gasteiger partial charge in [-0.1, -0.05) is 6.07 Å². The molecule has 2 fully saturated rings. The fraction of sp³-hybridized carbons (Fsp3) is 0.650. The quantitative estimate of drug-likeness (QED) is 0.379. The highest BCUT2D eigenvalue weighted by atomic mass is 127. The molecular weight excluding hydrogens is 455 g/mol. The molecule has 3 rings (SSSR count). The Morgan fingerprint density at radius 2 is 2.00 bits per heavy atom. The van der Waals surface area contributed by atoms with Gasteiger partial charge in [-0.3, -0.25) is 4.99 Å². The van der Waals surface area contributed by atoms with Gasteiger partial charge in [0.2, 0.25) is 0 Å². The van der Waals surface area contributed by atoms with Crippen LogP contribution in [0, 0.1) is 11.8 Å². The molecule has 0 spiro atoms. The summed E-state index contributed by atoms with van der Waals surface area (Å²) in [6, 6.07) is 8.34. The van der Waals surface area contributed by atoms with Gasteiger partial charge in [0.25, 0.3) is 0 Å². The molecule has 0 bridgehead atoms. The molecule has 2 heterocycles. The second-order valence-electron chi connectivity index (χ2n) is 7.29. The third-order valence-corrected chi connectivity index (χ3v) is 5.45. The van der Waals surface area contributed by atoms with Gasteiger partial charge >= 0.3 is 0 Å². The Morgan fingerprint density at radius 1 is 1.19 bits per heavy atom. The van der Waals surface area contributed by atoms with E-state index in [1.807, 2.05) is 13.1 Å². The molecule has 152 valence electrons. The first-order valence-electron chi connectivity index (χ1n) is 9.57. The van der Waals surface area contributed by atoms with Crippen LogP contribution in [0.4, 0.5) is 5.69 Å². The number of aliphatic imine (C=N–C) groups is 1.